The van der Waals surface area contributed by atoms with E-state index < -0.39 is 5.76 Å². The Kier molecular flexibility index (Phi) is 5.96. The van der Waals surface area contributed by atoms with Gasteiger partial charge in [0.15, 0.2) is 5.58 Å². The van der Waals surface area contributed by atoms with E-state index in [2.05, 4.69) is 5.32 Å². The smallest absolute Gasteiger partial charge is 0.419 e. The number of oxazole rings is 1. The number of hydrogen-bond acceptors (Lipinski definition) is 5. The maximum Gasteiger partial charge on any atom is 0.419 e. The number of esters is 1. The summed E-state index contributed by atoms with van der Waals surface area (Å²) in [5.41, 5.74) is 1.18. The van der Waals surface area contributed by atoms with Crippen molar-refractivity contribution < 1.29 is 18.7 Å². The van der Waals surface area contributed by atoms with Crippen LogP contribution in [-0.4, -0.2) is 29.6 Å². The molecule has 0 atom stereocenters. The van der Waals surface area contributed by atoms with Crippen molar-refractivity contribution in [2.24, 2.45) is 0 Å². The molecule has 0 saturated carbocycles. The number of benzene rings is 1. The zero-order valence-corrected chi connectivity index (χ0v) is 13.0. The van der Waals surface area contributed by atoms with Crippen molar-refractivity contribution in [3.05, 3.63) is 34.8 Å². The lowest BCUT2D eigenvalue weighted by atomic mass is 10.3. The lowest BCUT2D eigenvalue weighted by Gasteiger charge is -2.05. The van der Waals surface area contributed by atoms with E-state index in [9.17, 15) is 14.4 Å². The molecule has 1 aromatic heterocycles. The number of ether oxygens (including phenoxy) is 1. The molecule has 2 aromatic rings. The Bertz CT molecular complexity index is 731. The third kappa shape index (κ3) is 4.70. The number of aromatic nitrogens is 1. The Balaban J connectivity index is 1.77. The molecule has 124 valence electrons. The van der Waals surface area contributed by atoms with Gasteiger partial charge in [-0.05, 0) is 25.5 Å². The summed E-state index contributed by atoms with van der Waals surface area (Å²) < 4.78 is 11.3. The van der Waals surface area contributed by atoms with Gasteiger partial charge in [-0.25, -0.2) is 4.79 Å². The first-order chi connectivity index (χ1) is 11.1. The number of fused-ring (bicyclic) bond motifs is 1. The Hall–Kier alpha value is -2.57. The summed E-state index contributed by atoms with van der Waals surface area (Å²) in [5, 5.41) is 2.72. The lowest BCUT2D eigenvalue weighted by molar-refractivity contribution is -0.143. The maximum atomic E-state index is 11.8. The van der Waals surface area contributed by atoms with E-state index in [0.29, 0.717) is 30.7 Å². The Morgan fingerprint density at radius 1 is 1.26 bits per heavy atom. The van der Waals surface area contributed by atoms with E-state index >= 15 is 0 Å². The molecule has 0 fully saturated rings. The number of para-hydroxylation sites is 2. The summed E-state index contributed by atoms with van der Waals surface area (Å²) >= 11 is 0. The second-order valence-electron chi connectivity index (χ2n) is 5.00. The largest absolute Gasteiger partial charge is 0.466 e. The molecule has 1 N–H and O–H groups in total. The molecule has 0 unspecified atom stereocenters. The molecule has 1 amide bonds. The van der Waals surface area contributed by atoms with Gasteiger partial charge in [-0.3, -0.25) is 14.2 Å². The first-order valence-electron chi connectivity index (χ1n) is 7.62. The van der Waals surface area contributed by atoms with E-state index in [4.69, 9.17) is 9.15 Å². The number of hydrogen-bond donors (Lipinski definition) is 1. The van der Waals surface area contributed by atoms with Crippen LogP contribution in [0.4, 0.5) is 0 Å². The molecule has 0 aliphatic rings. The molecule has 0 radical (unpaired) electrons. The average molecular weight is 320 g/mol. The van der Waals surface area contributed by atoms with Gasteiger partial charge in [0, 0.05) is 25.9 Å². The Labute approximate surface area is 133 Å². The summed E-state index contributed by atoms with van der Waals surface area (Å²) in [4.78, 5) is 34.7. The highest BCUT2D eigenvalue weighted by molar-refractivity contribution is 5.76. The van der Waals surface area contributed by atoms with Crippen LogP contribution in [0, 0.1) is 0 Å². The van der Waals surface area contributed by atoms with Crippen molar-refractivity contribution in [3.8, 4) is 0 Å². The second kappa shape index (κ2) is 8.17. The Morgan fingerprint density at radius 2 is 2.04 bits per heavy atom. The van der Waals surface area contributed by atoms with Crippen LogP contribution in [0.25, 0.3) is 11.1 Å². The molecule has 0 bridgehead atoms. The maximum absolute atomic E-state index is 11.8. The number of carbonyl (C=O) groups excluding carboxylic acids is 2. The van der Waals surface area contributed by atoms with E-state index in [1.807, 2.05) is 6.07 Å². The standard InChI is InChI=1S/C16H20N2O5/c1-2-22-15(20)8-5-10-17-14(19)9-11-18-12-6-3-4-7-13(12)23-16(18)21/h3-4,6-7H,2,5,8-11H2,1H3,(H,17,19). The third-order valence-electron chi connectivity index (χ3n) is 3.32. The van der Waals surface area contributed by atoms with Gasteiger partial charge in [-0.15, -0.1) is 0 Å². The summed E-state index contributed by atoms with van der Waals surface area (Å²) in [7, 11) is 0. The van der Waals surface area contributed by atoms with Gasteiger partial charge in [0.25, 0.3) is 0 Å². The van der Waals surface area contributed by atoms with Crippen molar-refractivity contribution in [3.63, 3.8) is 0 Å². The highest BCUT2D eigenvalue weighted by atomic mass is 16.5. The summed E-state index contributed by atoms with van der Waals surface area (Å²) in [5.74, 6) is -0.912. The van der Waals surface area contributed by atoms with E-state index in [-0.39, 0.29) is 31.3 Å². The van der Waals surface area contributed by atoms with Crippen molar-refractivity contribution in [1.29, 1.82) is 0 Å². The SMILES string of the molecule is CCOC(=O)CCCNC(=O)CCn1c(=O)oc2ccccc21. The fraction of sp³-hybridized carbons (Fsp3) is 0.438. The molecule has 7 nitrogen and oxygen atoms in total. The van der Waals surface area contributed by atoms with E-state index in [1.165, 1.54) is 4.57 Å². The minimum atomic E-state index is -0.471. The number of aryl methyl sites for hydroxylation is 1. The van der Waals surface area contributed by atoms with Crippen LogP contribution in [0.3, 0.4) is 0 Å². The number of carbonyl (C=O) groups is 2. The van der Waals surface area contributed by atoms with Crippen LogP contribution >= 0.6 is 0 Å². The highest BCUT2D eigenvalue weighted by Crippen LogP contribution is 2.11. The number of rotatable bonds is 8. The summed E-state index contributed by atoms with van der Waals surface area (Å²) in [6.45, 7) is 2.76. The third-order valence-corrected chi connectivity index (χ3v) is 3.32. The minimum Gasteiger partial charge on any atom is -0.466 e. The predicted molar refractivity (Wildman–Crippen MR) is 84.0 cm³/mol. The zero-order valence-electron chi connectivity index (χ0n) is 13.0. The molecule has 0 aliphatic carbocycles. The van der Waals surface area contributed by atoms with Crippen molar-refractivity contribution in [2.75, 3.05) is 13.2 Å². The molecule has 1 heterocycles. The van der Waals surface area contributed by atoms with Crippen LogP contribution in [0.1, 0.15) is 26.2 Å². The summed E-state index contributed by atoms with van der Waals surface area (Å²) in [6.07, 6.45) is 0.974. The van der Waals surface area contributed by atoms with Crippen molar-refractivity contribution >= 4 is 23.0 Å². The van der Waals surface area contributed by atoms with Gasteiger partial charge in [0.2, 0.25) is 5.91 Å². The van der Waals surface area contributed by atoms with Crippen molar-refractivity contribution in [2.45, 2.75) is 32.7 Å². The predicted octanol–water partition coefficient (Wildman–Crippen LogP) is 1.44. The quantitative estimate of drug-likeness (QED) is 0.587. The van der Waals surface area contributed by atoms with Crippen LogP contribution < -0.4 is 11.1 Å². The number of nitrogens with zero attached hydrogens (tertiary/aromatic N) is 1. The lowest BCUT2D eigenvalue weighted by Crippen LogP contribution is -2.27. The van der Waals surface area contributed by atoms with E-state index in [0.717, 1.165) is 0 Å². The molecule has 7 heteroatoms. The molecular formula is C16H20N2O5. The van der Waals surface area contributed by atoms with Gasteiger partial charge in [-0.2, -0.15) is 0 Å². The summed E-state index contributed by atoms with van der Waals surface area (Å²) in [6, 6.07) is 7.08. The van der Waals surface area contributed by atoms with Crippen LogP contribution in [0.5, 0.6) is 0 Å². The van der Waals surface area contributed by atoms with Crippen LogP contribution in [-0.2, 0) is 20.9 Å². The van der Waals surface area contributed by atoms with Crippen molar-refractivity contribution in [1.82, 2.24) is 9.88 Å². The van der Waals surface area contributed by atoms with E-state index in [1.54, 1.807) is 25.1 Å². The molecule has 1 aromatic carbocycles. The zero-order chi connectivity index (χ0) is 16.7. The molecular weight excluding hydrogens is 300 g/mol. The van der Waals surface area contributed by atoms with Gasteiger partial charge in [0.05, 0.1) is 12.1 Å². The normalized spacial score (nSPS) is 10.7. The van der Waals surface area contributed by atoms with Gasteiger partial charge in [-0.1, -0.05) is 12.1 Å². The highest BCUT2D eigenvalue weighted by Gasteiger charge is 2.10. The monoisotopic (exact) mass is 320 g/mol. The fourth-order valence-corrected chi connectivity index (χ4v) is 2.22. The molecule has 23 heavy (non-hydrogen) atoms. The molecule has 0 saturated heterocycles. The first-order valence-corrected chi connectivity index (χ1v) is 7.62. The minimum absolute atomic E-state index is 0.169. The Morgan fingerprint density at radius 3 is 2.83 bits per heavy atom. The fourth-order valence-electron chi connectivity index (χ4n) is 2.22. The second-order valence-corrected chi connectivity index (χ2v) is 5.00. The molecule has 0 spiro atoms. The van der Waals surface area contributed by atoms with Crippen LogP contribution in [0.15, 0.2) is 33.5 Å². The van der Waals surface area contributed by atoms with Gasteiger partial charge in [0.1, 0.15) is 0 Å². The number of amides is 1. The molecule has 0 aliphatic heterocycles. The number of nitrogens with one attached hydrogen (secondary N) is 1. The average Bonchev–Trinajstić information content (AvgIpc) is 2.85. The van der Waals surface area contributed by atoms with Gasteiger partial charge >= 0.3 is 11.7 Å². The van der Waals surface area contributed by atoms with Gasteiger partial charge < -0.3 is 14.5 Å². The first kappa shape index (κ1) is 16.8. The van der Waals surface area contributed by atoms with Crippen LogP contribution in [0.2, 0.25) is 0 Å². The molecule has 2 rings (SSSR count). The topological polar surface area (TPSA) is 90.5 Å².